The lowest BCUT2D eigenvalue weighted by atomic mass is 10.2. The van der Waals surface area contributed by atoms with Crippen LogP contribution in [0.15, 0.2) is 36.4 Å². The largest absolute Gasteiger partial charge is 0.491 e. The molecule has 0 saturated carbocycles. The molecule has 2 aromatic carbocycles. The third kappa shape index (κ3) is 8.83. The van der Waals surface area contributed by atoms with E-state index >= 15 is 0 Å². The first-order valence-electron chi connectivity index (χ1n) is 13.9. The molecule has 2 heterocycles. The van der Waals surface area contributed by atoms with Crippen LogP contribution in [0, 0.1) is 0 Å². The number of rotatable bonds is 15. The Hall–Kier alpha value is -2.92. The molecule has 2 aliphatic heterocycles. The Bertz CT molecular complexity index is 927. The Balaban J connectivity index is 0.991. The SMILES string of the molecule is Nc1ccc(OCCCN2CCN(CCCCN3CCN(CCCOc4ccc(N)cc4N)C3)C2)c(N)c1. The van der Waals surface area contributed by atoms with Gasteiger partial charge in [0.1, 0.15) is 11.5 Å². The lowest BCUT2D eigenvalue weighted by Gasteiger charge is -2.20. The van der Waals surface area contributed by atoms with Crippen LogP contribution in [-0.4, -0.2) is 98.5 Å². The van der Waals surface area contributed by atoms with Crippen molar-refractivity contribution in [2.75, 3.05) is 102 Å². The van der Waals surface area contributed by atoms with Crippen LogP contribution in [0.2, 0.25) is 0 Å². The van der Waals surface area contributed by atoms with Gasteiger partial charge in [-0.05, 0) is 75.2 Å². The topological polar surface area (TPSA) is 136 Å². The Kier molecular flexibility index (Phi) is 10.6. The quantitative estimate of drug-likeness (QED) is 0.202. The zero-order valence-electron chi connectivity index (χ0n) is 22.7. The first-order valence-corrected chi connectivity index (χ1v) is 13.9. The summed E-state index contributed by atoms with van der Waals surface area (Å²) in [4.78, 5) is 10.2. The van der Waals surface area contributed by atoms with Crippen molar-refractivity contribution in [3.63, 3.8) is 0 Å². The number of unbranched alkanes of at least 4 members (excludes halogenated alkanes) is 1. The van der Waals surface area contributed by atoms with Gasteiger partial charge in [0.05, 0.1) is 37.9 Å². The zero-order valence-corrected chi connectivity index (χ0v) is 22.7. The van der Waals surface area contributed by atoms with Gasteiger partial charge in [0.25, 0.3) is 0 Å². The first-order chi connectivity index (χ1) is 18.5. The van der Waals surface area contributed by atoms with Crippen LogP contribution in [0.25, 0.3) is 0 Å². The Morgan fingerprint density at radius 2 is 0.895 bits per heavy atom. The number of ether oxygens (including phenoxy) is 2. The van der Waals surface area contributed by atoms with Crippen molar-refractivity contribution in [2.45, 2.75) is 25.7 Å². The third-order valence-corrected chi connectivity index (χ3v) is 7.28. The maximum atomic E-state index is 5.96. The molecule has 0 aliphatic carbocycles. The molecule has 2 fully saturated rings. The molecular formula is C28H46N8O2. The van der Waals surface area contributed by atoms with Crippen molar-refractivity contribution in [1.29, 1.82) is 0 Å². The maximum Gasteiger partial charge on any atom is 0.142 e. The lowest BCUT2D eigenvalue weighted by molar-refractivity contribution is 0.210. The van der Waals surface area contributed by atoms with E-state index in [-0.39, 0.29) is 0 Å². The molecule has 0 aromatic heterocycles. The van der Waals surface area contributed by atoms with Gasteiger partial charge in [-0.15, -0.1) is 0 Å². The molecule has 4 rings (SSSR count). The van der Waals surface area contributed by atoms with E-state index in [1.54, 1.807) is 12.1 Å². The fourth-order valence-electron chi connectivity index (χ4n) is 5.15. The van der Waals surface area contributed by atoms with Gasteiger partial charge in [0.15, 0.2) is 0 Å². The number of hydrogen-bond acceptors (Lipinski definition) is 10. The number of nitrogens with zero attached hydrogens (tertiary/aromatic N) is 4. The van der Waals surface area contributed by atoms with Gasteiger partial charge < -0.3 is 32.4 Å². The lowest BCUT2D eigenvalue weighted by Crippen LogP contribution is -2.29. The van der Waals surface area contributed by atoms with Crippen molar-refractivity contribution < 1.29 is 9.47 Å². The van der Waals surface area contributed by atoms with Crippen molar-refractivity contribution in [2.24, 2.45) is 0 Å². The highest BCUT2D eigenvalue weighted by Crippen LogP contribution is 2.24. The Morgan fingerprint density at radius 1 is 0.526 bits per heavy atom. The molecule has 38 heavy (non-hydrogen) atoms. The molecular weight excluding hydrogens is 480 g/mol. The van der Waals surface area contributed by atoms with E-state index in [0.717, 1.165) is 76.9 Å². The summed E-state index contributed by atoms with van der Waals surface area (Å²) in [6, 6.07) is 10.8. The van der Waals surface area contributed by atoms with Gasteiger partial charge in [-0.2, -0.15) is 0 Å². The van der Waals surface area contributed by atoms with Gasteiger partial charge in [-0.25, -0.2) is 0 Å². The Labute approximate surface area is 227 Å². The number of nitrogen functional groups attached to an aromatic ring is 4. The smallest absolute Gasteiger partial charge is 0.142 e. The molecule has 0 spiro atoms. The molecule has 10 nitrogen and oxygen atoms in total. The van der Waals surface area contributed by atoms with E-state index < -0.39 is 0 Å². The maximum absolute atomic E-state index is 5.96. The minimum Gasteiger partial charge on any atom is -0.491 e. The van der Waals surface area contributed by atoms with Gasteiger partial charge in [-0.1, -0.05) is 0 Å². The average Bonchev–Trinajstić information content (AvgIpc) is 3.54. The minimum absolute atomic E-state index is 0.602. The van der Waals surface area contributed by atoms with Crippen molar-refractivity contribution in [1.82, 2.24) is 19.6 Å². The summed E-state index contributed by atoms with van der Waals surface area (Å²) in [6.45, 7) is 12.5. The monoisotopic (exact) mass is 526 g/mol. The van der Waals surface area contributed by atoms with Gasteiger partial charge in [0.2, 0.25) is 0 Å². The molecule has 210 valence electrons. The second-order valence-electron chi connectivity index (χ2n) is 10.5. The predicted molar refractivity (Wildman–Crippen MR) is 156 cm³/mol. The normalized spacial score (nSPS) is 17.4. The number of benzene rings is 2. The Morgan fingerprint density at radius 3 is 1.26 bits per heavy atom. The van der Waals surface area contributed by atoms with E-state index in [1.807, 2.05) is 24.3 Å². The summed E-state index contributed by atoms with van der Waals surface area (Å²) in [6.07, 6.45) is 4.48. The van der Waals surface area contributed by atoms with Crippen LogP contribution >= 0.6 is 0 Å². The molecule has 2 saturated heterocycles. The zero-order chi connectivity index (χ0) is 26.7. The number of anilines is 4. The highest BCUT2D eigenvalue weighted by atomic mass is 16.5. The molecule has 0 unspecified atom stereocenters. The van der Waals surface area contributed by atoms with Gasteiger partial charge >= 0.3 is 0 Å². The summed E-state index contributed by atoms with van der Waals surface area (Å²) in [5.41, 5.74) is 25.9. The third-order valence-electron chi connectivity index (χ3n) is 7.28. The molecule has 0 radical (unpaired) electrons. The second-order valence-corrected chi connectivity index (χ2v) is 10.5. The van der Waals surface area contributed by atoms with E-state index in [2.05, 4.69) is 19.6 Å². The number of nitrogens with two attached hydrogens (primary N) is 4. The summed E-state index contributed by atoms with van der Waals surface area (Å²) < 4.78 is 11.6. The highest BCUT2D eigenvalue weighted by Gasteiger charge is 2.21. The van der Waals surface area contributed by atoms with E-state index in [4.69, 9.17) is 32.4 Å². The van der Waals surface area contributed by atoms with Crippen LogP contribution < -0.4 is 32.4 Å². The average molecular weight is 527 g/mol. The van der Waals surface area contributed by atoms with Crippen LogP contribution in [0.4, 0.5) is 22.7 Å². The molecule has 8 N–H and O–H groups in total. The molecule has 0 bridgehead atoms. The van der Waals surface area contributed by atoms with Crippen LogP contribution in [0.1, 0.15) is 25.7 Å². The van der Waals surface area contributed by atoms with Gasteiger partial charge in [-0.3, -0.25) is 19.6 Å². The minimum atomic E-state index is 0.602. The van der Waals surface area contributed by atoms with E-state index in [9.17, 15) is 0 Å². The predicted octanol–water partition coefficient (Wildman–Crippen LogP) is 2.18. The fourth-order valence-corrected chi connectivity index (χ4v) is 5.15. The van der Waals surface area contributed by atoms with Crippen LogP contribution in [0.3, 0.4) is 0 Å². The standard InChI is InChI=1S/C28H46N8O2/c29-23-5-7-27(25(31)19-23)37-17-3-11-35-15-13-33(21-35)9-1-2-10-34-14-16-36(22-34)12-4-18-38-28-8-6-24(30)20-26(28)32/h5-8,19-20H,1-4,9-18,21-22,29-32H2. The second kappa shape index (κ2) is 14.3. The molecule has 0 amide bonds. The van der Waals surface area contributed by atoms with Gasteiger partial charge in [0, 0.05) is 50.6 Å². The summed E-state index contributed by atoms with van der Waals surface area (Å²) in [7, 11) is 0. The molecule has 2 aromatic rings. The van der Waals surface area contributed by atoms with Crippen molar-refractivity contribution in [3.05, 3.63) is 36.4 Å². The molecule has 10 heteroatoms. The summed E-state index contributed by atoms with van der Waals surface area (Å²) >= 11 is 0. The summed E-state index contributed by atoms with van der Waals surface area (Å²) in [5.74, 6) is 1.44. The van der Waals surface area contributed by atoms with Crippen LogP contribution in [0.5, 0.6) is 11.5 Å². The molecule has 2 aliphatic rings. The molecule has 0 atom stereocenters. The first kappa shape index (κ1) is 28.1. The number of hydrogen-bond donors (Lipinski definition) is 4. The van der Waals surface area contributed by atoms with Crippen molar-refractivity contribution >= 4 is 22.7 Å². The fraction of sp³-hybridized carbons (Fsp3) is 0.571. The van der Waals surface area contributed by atoms with E-state index in [0.29, 0.717) is 36.0 Å². The van der Waals surface area contributed by atoms with Crippen LogP contribution in [-0.2, 0) is 0 Å². The summed E-state index contributed by atoms with van der Waals surface area (Å²) in [5, 5.41) is 0. The highest BCUT2D eigenvalue weighted by molar-refractivity contribution is 5.61. The van der Waals surface area contributed by atoms with E-state index in [1.165, 1.54) is 25.9 Å². The van der Waals surface area contributed by atoms with Crippen molar-refractivity contribution in [3.8, 4) is 11.5 Å².